The highest BCUT2D eigenvalue weighted by molar-refractivity contribution is 6.32. The molecular formula is C10H13Cl2N3O. The Bertz CT molecular complexity index is 398. The lowest BCUT2D eigenvalue weighted by Gasteiger charge is -2.31. The number of anilines is 1. The van der Waals surface area contributed by atoms with Gasteiger partial charge < -0.3 is 10.0 Å². The van der Waals surface area contributed by atoms with Gasteiger partial charge in [-0.1, -0.05) is 11.6 Å². The Morgan fingerprint density at radius 1 is 1.44 bits per heavy atom. The average Bonchev–Trinajstić information content (AvgIpc) is 2.18. The number of halogens is 2. The predicted octanol–water partition coefficient (Wildman–Crippen LogP) is 1.92. The molecule has 2 rings (SSSR count). The first-order valence-electron chi connectivity index (χ1n) is 5.23. The molecule has 0 aliphatic carbocycles. The van der Waals surface area contributed by atoms with Crippen LogP contribution in [0.1, 0.15) is 18.9 Å². The fourth-order valence-electron chi connectivity index (χ4n) is 1.95. The van der Waals surface area contributed by atoms with Gasteiger partial charge in [-0.05, 0) is 31.4 Å². The second kappa shape index (κ2) is 4.73. The summed E-state index contributed by atoms with van der Waals surface area (Å²) in [5.74, 6) is 0.761. The van der Waals surface area contributed by atoms with Crippen LogP contribution >= 0.6 is 23.2 Å². The summed E-state index contributed by atoms with van der Waals surface area (Å²) in [5, 5.41) is 9.99. The third-order valence-corrected chi connectivity index (χ3v) is 3.03. The van der Waals surface area contributed by atoms with Gasteiger partial charge in [0.1, 0.15) is 11.0 Å². The molecule has 1 unspecified atom stereocenters. The van der Waals surface area contributed by atoms with Crippen LogP contribution in [0.4, 0.5) is 5.82 Å². The number of β-amino-alcohol motifs (C(OH)–C–C–N with tert-alkyl or cyclic N) is 1. The first-order valence-corrected chi connectivity index (χ1v) is 5.98. The van der Waals surface area contributed by atoms with Crippen molar-refractivity contribution in [1.29, 1.82) is 0 Å². The zero-order valence-electron chi connectivity index (χ0n) is 8.95. The average molecular weight is 262 g/mol. The summed E-state index contributed by atoms with van der Waals surface area (Å²) in [5.41, 5.74) is 0.929. The molecule has 0 saturated carbocycles. The van der Waals surface area contributed by atoms with Crippen molar-refractivity contribution in [2.45, 2.75) is 25.9 Å². The summed E-state index contributed by atoms with van der Waals surface area (Å²) in [6.45, 7) is 3.15. The molecule has 0 aromatic carbocycles. The Labute approximate surface area is 104 Å². The van der Waals surface area contributed by atoms with E-state index >= 15 is 0 Å². The maximum absolute atomic E-state index is 9.42. The molecule has 0 amide bonds. The van der Waals surface area contributed by atoms with Gasteiger partial charge in [0, 0.05) is 18.7 Å². The molecule has 1 aliphatic rings. The van der Waals surface area contributed by atoms with Crippen LogP contribution in [0.2, 0.25) is 10.4 Å². The van der Waals surface area contributed by atoms with Crippen LogP contribution in [0.25, 0.3) is 0 Å². The largest absolute Gasteiger partial charge is 0.392 e. The first-order chi connectivity index (χ1) is 7.58. The molecule has 1 N–H and O–H groups in total. The lowest BCUT2D eigenvalue weighted by molar-refractivity contribution is 0.199. The van der Waals surface area contributed by atoms with E-state index in [1.807, 2.05) is 4.90 Å². The second-order valence-electron chi connectivity index (χ2n) is 3.98. The van der Waals surface area contributed by atoms with Crippen LogP contribution in [0.5, 0.6) is 0 Å². The molecule has 0 saturated heterocycles. The number of hydrogen-bond acceptors (Lipinski definition) is 4. The minimum atomic E-state index is -0.404. The quantitative estimate of drug-likeness (QED) is 0.653. The van der Waals surface area contributed by atoms with Crippen molar-refractivity contribution in [3.63, 3.8) is 0 Å². The van der Waals surface area contributed by atoms with Crippen molar-refractivity contribution in [2.75, 3.05) is 18.0 Å². The van der Waals surface area contributed by atoms with Gasteiger partial charge in [-0.3, -0.25) is 0 Å². The number of rotatable bonds is 2. The van der Waals surface area contributed by atoms with Gasteiger partial charge >= 0.3 is 0 Å². The number of aliphatic hydroxyl groups is 1. The summed E-state index contributed by atoms with van der Waals surface area (Å²) in [7, 11) is 0. The molecule has 2 heterocycles. The van der Waals surface area contributed by atoms with E-state index in [2.05, 4.69) is 9.97 Å². The monoisotopic (exact) mass is 261 g/mol. The van der Waals surface area contributed by atoms with Gasteiger partial charge in [0.05, 0.1) is 6.10 Å². The van der Waals surface area contributed by atoms with Gasteiger partial charge in [-0.25, -0.2) is 9.97 Å². The maximum atomic E-state index is 9.42. The normalized spacial score (nSPS) is 17.1. The van der Waals surface area contributed by atoms with Crippen LogP contribution in [-0.4, -0.2) is 34.3 Å². The second-order valence-corrected chi connectivity index (χ2v) is 4.68. The van der Waals surface area contributed by atoms with E-state index in [0.29, 0.717) is 11.7 Å². The smallest absolute Gasteiger partial charge is 0.225 e. The topological polar surface area (TPSA) is 49.2 Å². The van der Waals surface area contributed by atoms with E-state index in [1.54, 1.807) is 6.92 Å². The van der Waals surface area contributed by atoms with Crippen LogP contribution in [0.3, 0.4) is 0 Å². The molecule has 1 aromatic rings. The lowest BCUT2D eigenvalue weighted by Crippen LogP contribution is -2.36. The van der Waals surface area contributed by atoms with Crippen molar-refractivity contribution in [3.8, 4) is 0 Å². The molecule has 6 heteroatoms. The maximum Gasteiger partial charge on any atom is 0.225 e. The Kier molecular flexibility index (Phi) is 3.52. The van der Waals surface area contributed by atoms with E-state index in [-0.39, 0.29) is 5.28 Å². The highest BCUT2D eigenvalue weighted by Gasteiger charge is 2.23. The Morgan fingerprint density at radius 3 is 2.88 bits per heavy atom. The number of nitrogens with zero attached hydrogens (tertiary/aromatic N) is 3. The van der Waals surface area contributed by atoms with Crippen LogP contribution in [0, 0.1) is 0 Å². The third kappa shape index (κ3) is 2.39. The van der Waals surface area contributed by atoms with Gasteiger partial charge in [-0.2, -0.15) is 0 Å². The number of hydrogen-bond donors (Lipinski definition) is 1. The fourth-order valence-corrected chi connectivity index (χ4v) is 2.41. The van der Waals surface area contributed by atoms with E-state index in [4.69, 9.17) is 23.2 Å². The minimum absolute atomic E-state index is 0.154. The zero-order chi connectivity index (χ0) is 11.7. The van der Waals surface area contributed by atoms with Crippen molar-refractivity contribution < 1.29 is 5.11 Å². The summed E-state index contributed by atoms with van der Waals surface area (Å²) < 4.78 is 0. The van der Waals surface area contributed by atoms with Crippen molar-refractivity contribution in [2.24, 2.45) is 0 Å². The number of aromatic nitrogens is 2. The van der Waals surface area contributed by atoms with Gasteiger partial charge in [0.2, 0.25) is 5.28 Å². The van der Waals surface area contributed by atoms with E-state index < -0.39 is 6.10 Å². The molecule has 1 aromatic heterocycles. The van der Waals surface area contributed by atoms with E-state index in [9.17, 15) is 5.11 Å². The molecule has 1 atom stereocenters. The molecule has 1 aliphatic heterocycles. The molecule has 88 valence electrons. The fraction of sp³-hybridized carbons (Fsp3) is 0.600. The standard InChI is InChI=1S/C10H13Cl2N3O/c1-6(16)5-15-4-2-3-7-8(11)13-10(12)14-9(7)15/h6,16H,2-5H2,1H3. The highest BCUT2D eigenvalue weighted by Crippen LogP contribution is 2.30. The molecule has 0 spiro atoms. The summed E-state index contributed by atoms with van der Waals surface area (Å²) in [6, 6.07) is 0. The predicted molar refractivity (Wildman–Crippen MR) is 64.3 cm³/mol. The van der Waals surface area contributed by atoms with E-state index in [1.165, 1.54) is 0 Å². The van der Waals surface area contributed by atoms with Crippen LogP contribution < -0.4 is 4.90 Å². The van der Waals surface area contributed by atoms with Gasteiger partial charge in [-0.15, -0.1) is 0 Å². The third-order valence-electron chi connectivity index (χ3n) is 2.55. The van der Waals surface area contributed by atoms with Crippen LogP contribution in [-0.2, 0) is 6.42 Å². The number of fused-ring (bicyclic) bond motifs is 1. The molecule has 0 bridgehead atoms. The molecule has 0 fully saturated rings. The molecule has 0 radical (unpaired) electrons. The highest BCUT2D eigenvalue weighted by atomic mass is 35.5. The van der Waals surface area contributed by atoms with Crippen molar-refractivity contribution in [3.05, 3.63) is 16.0 Å². The lowest BCUT2D eigenvalue weighted by atomic mass is 10.1. The van der Waals surface area contributed by atoms with Gasteiger partial charge in [0.15, 0.2) is 0 Å². The first kappa shape index (κ1) is 11.9. The summed E-state index contributed by atoms with van der Waals surface area (Å²) in [6.07, 6.45) is 1.45. The molecule has 16 heavy (non-hydrogen) atoms. The Morgan fingerprint density at radius 2 is 2.19 bits per heavy atom. The van der Waals surface area contributed by atoms with Crippen LogP contribution in [0.15, 0.2) is 0 Å². The molecular weight excluding hydrogens is 249 g/mol. The van der Waals surface area contributed by atoms with Crippen molar-refractivity contribution >= 4 is 29.0 Å². The molecule has 4 nitrogen and oxygen atoms in total. The zero-order valence-corrected chi connectivity index (χ0v) is 10.5. The Hall–Kier alpha value is -0.580. The summed E-state index contributed by atoms with van der Waals surface area (Å²) in [4.78, 5) is 10.1. The summed E-state index contributed by atoms with van der Waals surface area (Å²) >= 11 is 11.8. The SMILES string of the molecule is CC(O)CN1CCCc2c(Cl)nc(Cl)nc21. The number of aliphatic hydroxyl groups excluding tert-OH is 1. The van der Waals surface area contributed by atoms with Crippen molar-refractivity contribution in [1.82, 2.24) is 9.97 Å². The van der Waals surface area contributed by atoms with Gasteiger partial charge in [0.25, 0.3) is 0 Å². The Balaban J connectivity index is 2.37. The van der Waals surface area contributed by atoms with E-state index in [0.717, 1.165) is 30.8 Å². The minimum Gasteiger partial charge on any atom is -0.392 e.